The third kappa shape index (κ3) is 1.66. The van der Waals surface area contributed by atoms with Crippen molar-refractivity contribution in [2.24, 2.45) is 11.7 Å². The van der Waals surface area contributed by atoms with Crippen molar-refractivity contribution in [1.29, 1.82) is 0 Å². The summed E-state index contributed by atoms with van der Waals surface area (Å²) in [6.45, 7) is 0.848. The number of rotatable bonds is 2. The molecule has 0 amide bonds. The Labute approximate surface area is 56.4 Å². The van der Waals surface area contributed by atoms with Gasteiger partial charge >= 0.3 is 0 Å². The van der Waals surface area contributed by atoms with Gasteiger partial charge in [-0.1, -0.05) is 6.42 Å². The summed E-state index contributed by atoms with van der Waals surface area (Å²) in [7, 11) is 1.74. The van der Waals surface area contributed by atoms with Crippen LogP contribution in [0, 0.1) is 5.92 Å². The predicted molar refractivity (Wildman–Crippen MR) is 37.2 cm³/mol. The Morgan fingerprint density at radius 3 is 2.78 bits per heavy atom. The molecule has 0 aromatic heterocycles. The lowest BCUT2D eigenvalue weighted by Crippen LogP contribution is -2.27. The lowest BCUT2D eigenvalue weighted by molar-refractivity contribution is 0.148. The number of nitrogens with two attached hydrogens (primary N) is 1. The van der Waals surface area contributed by atoms with Gasteiger partial charge in [-0.2, -0.15) is 0 Å². The molecule has 0 aliphatic heterocycles. The van der Waals surface area contributed by atoms with Crippen LogP contribution in [0.1, 0.15) is 19.3 Å². The van der Waals surface area contributed by atoms with Crippen molar-refractivity contribution < 1.29 is 4.74 Å². The van der Waals surface area contributed by atoms with Crippen LogP contribution in [0.4, 0.5) is 0 Å². The van der Waals surface area contributed by atoms with E-state index in [-0.39, 0.29) is 0 Å². The van der Waals surface area contributed by atoms with Gasteiger partial charge in [0.05, 0.1) is 6.61 Å². The van der Waals surface area contributed by atoms with Crippen molar-refractivity contribution in [3.63, 3.8) is 0 Å². The number of hydrogen-bond donors (Lipinski definition) is 1. The van der Waals surface area contributed by atoms with Crippen molar-refractivity contribution in [3.05, 3.63) is 0 Å². The monoisotopic (exact) mass is 129 g/mol. The van der Waals surface area contributed by atoms with Crippen LogP contribution in [-0.4, -0.2) is 19.8 Å². The maximum atomic E-state index is 5.79. The summed E-state index contributed by atoms with van der Waals surface area (Å²) >= 11 is 0. The molecular formula is C7H15NO. The van der Waals surface area contributed by atoms with Gasteiger partial charge in [0.1, 0.15) is 0 Å². The Balaban J connectivity index is 2.22. The summed E-state index contributed by atoms with van der Waals surface area (Å²) in [5.41, 5.74) is 5.79. The van der Waals surface area contributed by atoms with Crippen molar-refractivity contribution in [3.8, 4) is 0 Å². The predicted octanol–water partition coefficient (Wildman–Crippen LogP) is 0.760. The van der Waals surface area contributed by atoms with Gasteiger partial charge in [0.25, 0.3) is 0 Å². The second-order valence-electron chi connectivity index (χ2n) is 2.81. The minimum absolute atomic E-state index is 0.407. The second kappa shape index (κ2) is 3.18. The topological polar surface area (TPSA) is 35.2 Å². The van der Waals surface area contributed by atoms with E-state index >= 15 is 0 Å². The van der Waals surface area contributed by atoms with E-state index in [0.29, 0.717) is 12.0 Å². The summed E-state index contributed by atoms with van der Waals surface area (Å²) in [6, 6.07) is 0.407. The van der Waals surface area contributed by atoms with E-state index in [1.165, 1.54) is 19.3 Å². The second-order valence-corrected chi connectivity index (χ2v) is 2.81. The molecule has 1 unspecified atom stereocenters. The SMILES string of the molecule is COC[C@H]1CCCC1N. The molecule has 0 heterocycles. The standard InChI is InChI=1S/C7H15NO/c1-9-5-6-3-2-4-7(6)8/h6-7H,2-5,8H2,1H3/t6-,7?/m1/s1. The summed E-state index contributed by atoms with van der Waals surface area (Å²) in [5.74, 6) is 0.634. The lowest BCUT2D eigenvalue weighted by atomic mass is 10.1. The molecule has 2 nitrogen and oxygen atoms in total. The molecule has 0 radical (unpaired) electrons. The van der Waals surface area contributed by atoms with Crippen LogP contribution < -0.4 is 5.73 Å². The van der Waals surface area contributed by atoms with Crippen molar-refractivity contribution in [2.75, 3.05) is 13.7 Å². The van der Waals surface area contributed by atoms with Gasteiger partial charge in [-0.3, -0.25) is 0 Å². The maximum Gasteiger partial charge on any atom is 0.0505 e. The van der Waals surface area contributed by atoms with Crippen LogP contribution in [0.25, 0.3) is 0 Å². The Kier molecular flexibility index (Phi) is 2.49. The highest BCUT2D eigenvalue weighted by Gasteiger charge is 2.22. The molecule has 0 saturated heterocycles. The van der Waals surface area contributed by atoms with Crippen LogP contribution >= 0.6 is 0 Å². The fourth-order valence-corrected chi connectivity index (χ4v) is 1.49. The number of hydrogen-bond acceptors (Lipinski definition) is 2. The van der Waals surface area contributed by atoms with Crippen molar-refractivity contribution >= 4 is 0 Å². The van der Waals surface area contributed by atoms with Gasteiger partial charge in [0, 0.05) is 13.2 Å². The van der Waals surface area contributed by atoms with E-state index < -0.39 is 0 Å². The highest BCUT2D eigenvalue weighted by molar-refractivity contribution is 4.79. The van der Waals surface area contributed by atoms with Crippen LogP contribution in [0.2, 0.25) is 0 Å². The molecule has 1 aliphatic rings. The maximum absolute atomic E-state index is 5.79. The fraction of sp³-hybridized carbons (Fsp3) is 1.00. The van der Waals surface area contributed by atoms with E-state index in [1.54, 1.807) is 7.11 Å². The number of ether oxygens (including phenoxy) is 1. The Morgan fingerprint density at radius 1 is 1.56 bits per heavy atom. The zero-order valence-corrected chi connectivity index (χ0v) is 5.97. The molecule has 0 spiro atoms. The molecule has 0 bridgehead atoms. The molecule has 0 aromatic rings. The summed E-state index contributed by atoms with van der Waals surface area (Å²) in [6.07, 6.45) is 3.73. The Hall–Kier alpha value is -0.0800. The highest BCUT2D eigenvalue weighted by atomic mass is 16.5. The normalized spacial score (nSPS) is 35.3. The molecule has 0 aromatic carbocycles. The molecule has 1 rings (SSSR count). The van der Waals surface area contributed by atoms with E-state index in [1.807, 2.05) is 0 Å². The van der Waals surface area contributed by atoms with E-state index in [2.05, 4.69) is 0 Å². The highest BCUT2D eigenvalue weighted by Crippen LogP contribution is 2.23. The molecule has 2 atom stereocenters. The van der Waals surface area contributed by atoms with E-state index in [4.69, 9.17) is 10.5 Å². The summed E-state index contributed by atoms with van der Waals surface area (Å²) in [5, 5.41) is 0. The molecule has 54 valence electrons. The first-order valence-corrected chi connectivity index (χ1v) is 3.59. The average Bonchev–Trinajstić information content (AvgIpc) is 2.18. The molecule has 2 heteroatoms. The van der Waals surface area contributed by atoms with Gasteiger partial charge in [0.2, 0.25) is 0 Å². The quantitative estimate of drug-likeness (QED) is 0.597. The van der Waals surface area contributed by atoms with Gasteiger partial charge in [-0.25, -0.2) is 0 Å². The van der Waals surface area contributed by atoms with Gasteiger partial charge in [-0.15, -0.1) is 0 Å². The van der Waals surface area contributed by atoms with E-state index in [9.17, 15) is 0 Å². The molecule has 1 fully saturated rings. The fourth-order valence-electron chi connectivity index (χ4n) is 1.49. The summed E-state index contributed by atoms with van der Waals surface area (Å²) in [4.78, 5) is 0. The van der Waals surface area contributed by atoms with Crippen molar-refractivity contribution in [1.82, 2.24) is 0 Å². The van der Waals surface area contributed by atoms with Crippen LogP contribution in [0.3, 0.4) is 0 Å². The van der Waals surface area contributed by atoms with Gasteiger partial charge < -0.3 is 10.5 Å². The first-order valence-electron chi connectivity index (χ1n) is 3.59. The Bertz CT molecular complexity index is 85.0. The molecule has 1 saturated carbocycles. The third-order valence-corrected chi connectivity index (χ3v) is 2.10. The largest absolute Gasteiger partial charge is 0.384 e. The molecule has 2 N–H and O–H groups in total. The minimum atomic E-state index is 0.407. The minimum Gasteiger partial charge on any atom is -0.384 e. The van der Waals surface area contributed by atoms with Gasteiger partial charge in [0.15, 0.2) is 0 Å². The third-order valence-electron chi connectivity index (χ3n) is 2.10. The van der Waals surface area contributed by atoms with Crippen LogP contribution in [0.15, 0.2) is 0 Å². The lowest BCUT2D eigenvalue weighted by Gasteiger charge is -2.12. The molecular weight excluding hydrogens is 114 g/mol. The summed E-state index contributed by atoms with van der Waals surface area (Å²) < 4.78 is 5.02. The Morgan fingerprint density at radius 2 is 2.33 bits per heavy atom. The van der Waals surface area contributed by atoms with Gasteiger partial charge in [-0.05, 0) is 18.8 Å². The van der Waals surface area contributed by atoms with Crippen LogP contribution in [-0.2, 0) is 4.74 Å². The smallest absolute Gasteiger partial charge is 0.0505 e. The number of methoxy groups -OCH3 is 1. The van der Waals surface area contributed by atoms with E-state index in [0.717, 1.165) is 6.61 Å². The zero-order valence-electron chi connectivity index (χ0n) is 5.97. The zero-order chi connectivity index (χ0) is 6.69. The molecule has 1 aliphatic carbocycles. The first kappa shape index (κ1) is 7.03. The van der Waals surface area contributed by atoms with Crippen LogP contribution in [0.5, 0.6) is 0 Å². The first-order chi connectivity index (χ1) is 4.34. The average molecular weight is 129 g/mol. The molecule has 9 heavy (non-hydrogen) atoms. The van der Waals surface area contributed by atoms with Crippen molar-refractivity contribution in [2.45, 2.75) is 25.3 Å².